The van der Waals surface area contributed by atoms with Crippen LogP contribution in [0.2, 0.25) is 0 Å². The van der Waals surface area contributed by atoms with E-state index in [9.17, 15) is 4.79 Å². The first-order valence-corrected chi connectivity index (χ1v) is 5.12. The number of imidazole rings is 1. The molecule has 0 aliphatic heterocycles. The molecule has 0 fully saturated rings. The van der Waals surface area contributed by atoms with Crippen molar-refractivity contribution in [1.29, 1.82) is 0 Å². The van der Waals surface area contributed by atoms with Gasteiger partial charge in [-0.25, -0.2) is 4.98 Å². The molecular formula is C10H18N4O. The molecule has 0 radical (unpaired) electrons. The molecule has 5 nitrogen and oxygen atoms in total. The molecule has 1 atom stereocenters. The Morgan fingerprint density at radius 2 is 2.47 bits per heavy atom. The Balaban J connectivity index is 2.31. The third-order valence-corrected chi connectivity index (χ3v) is 2.34. The minimum Gasteiger partial charge on any atom is -0.349 e. The monoisotopic (exact) mass is 210 g/mol. The molecular weight excluding hydrogens is 192 g/mol. The zero-order chi connectivity index (χ0) is 11.3. The summed E-state index contributed by atoms with van der Waals surface area (Å²) < 4.78 is 1.88. The predicted octanol–water partition coefficient (Wildman–Crippen LogP) is 0.164. The molecule has 0 saturated carbocycles. The molecule has 5 heteroatoms. The van der Waals surface area contributed by atoms with Crippen molar-refractivity contribution >= 4 is 5.91 Å². The van der Waals surface area contributed by atoms with Crippen molar-refractivity contribution in [3.8, 4) is 0 Å². The van der Waals surface area contributed by atoms with E-state index in [-0.39, 0.29) is 11.9 Å². The Morgan fingerprint density at radius 1 is 1.73 bits per heavy atom. The Labute approximate surface area is 89.7 Å². The minimum atomic E-state index is -0.0497. The van der Waals surface area contributed by atoms with Gasteiger partial charge in [0.1, 0.15) is 5.82 Å². The third kappa shape index (κ3) is 3.71. The van der Waals surface area contributed by atoms with E-state index in [0.29, 0.717) is 13.0 Å². The van der Waals surface area contributed by atoms with Crippen molar-refractivity contribution in [2.24, 2.45) is 12.8 Å². The molecule has 1 aromatic heterocycles. The summed E-state index contributed by atoms with van der Waals surface area (Å²) >= 11 is 0. The second-order valence-corrected chi connectivity index (χ2v) is 3.60. The first-order chi connectivity index (χ1) is 7.13. The largest absolute Gasteiger partial charge is 0.349 e. The number of rotatable bonds is 5. The summed E-state index contributed by atoms with van der Waals surface area (Å²) in [5.74, 6) is 0.820. The van der Waals surface area contributed by atoms with E-state index >= 15 is 0 Å². The van der Waals surface area contributed by atoms with E-state index in [2.05, 4.69) is 10.3 Å². The van der Waals surface area contributed by atoms with Crippen LogP contribution in [0.4, 0.5) is 0 Å². The van der Waals surface area contributed by atoms with Gasteiger partial charge < -0.3 is 15.6 Å². The standard InChI is InChI=1S/C10H18N4O/c1-3-8(11)6-10(15)13-7-9-12-4-5-14(9)2/h4-5,8H,3,6-7,11H2,1-2H3,(H,13,15). The molecule has 0 aromatic carbocycles. The van der Waals surface area contributed by atoms with Gasteiger partial charge in [0.15, 0.2) is 0 Å². The fourth-order valence-corrected chi connectivity index (χ4v) is 1.20. The normalized spacial score (nSPS) is 12.5. The fourth-order valence-electron chi connectivity index (χ4n) is 1.20. The molecule has 1 amide bonds. The summed E-state index contributed by atoms with van der Waals surface area (Å²) in [6, 6.07) is -0.0497. The average Bonchev–Trinajstić information content (AvgIpc) is 2.61. The van der Waals surface area contributed by atoms with Gasteiger partial charge in [-0.1, -0.05) is 6.92 Å². The maximum absolute atomic E-state index is 11.4. The number of amides is 1. The van der Waals surface area contributed by atoms with Crippen molar-refractivity contribution < 1.29 is 4.79 Å². The third-order valence-electron chi connectivity index (χ3n) is 2.34. The molecule has 1 unspecified atom stereocenters. The highest BCUT2D eigenvalue weighted by molar-refractivity contribution is 5.76. The summed E-state index contributed by atoms with van der Waals surface area (Å²) in [6.45, 7) is 2.43. The van der Waals surface area contributed by atoms with Crippen LogP contribution in [0.25, 0.3) is 0 Å². The topological polar surface area (TPSA) is 72.9 Å². The van der Waals surface area contributed by atoms with Crippen molar-refractivity contribution in [2.75, 3.05) is 0 Å². The number of hydrogen-bond donors (Lipinski definition) is 2. The molecule has 0 bridgehead atoms. The number of aryl methyl sites for hydroxylation is 1. The van der Waals surface area contributed by atoms with Crippen LogP contribution in [0.5, 0.6) is 0 Å². The number of nitrogens with zero attached hydrogens (tertiary/aromatic N) is 2. The molecule has 15 heavy (non-hydrogen) atoms. The summed E-state index contributed by atoms with van der Waals surface area (Å²) in [6.07, 6.45) is 4.75. The van der Waals surface area contributed by atoms with Gasteiger partial charge in [0, 0.05) is 31.9 Å². The number of hydrogen-bond acceptors (Lipinski definition) is 3. The van der Waals surface area contributed by atoms with Gasteiger partial charge in [0.25, 0.3) is 0 Å². The first kappa shape index (κ1) is 11.7. The van der Waals surface area contributed by atoms with Crippen molar-refractivity contribution in [3.63, 3.8) is 0 Å². The summed E-state index contributed by atoms with van der Waals surface area (Å²) in [5.41, 5.74) is 5.67. The smallest absolute Gasteiger partial charge is 0.221 e. The van der Waals surface area contributed by atoms with E-state index in [1.165, 1.54) is 0 Å². The predicted molar refractivity (Wildman–Crippen MR) is 57.9 cm³/mol. The maximum Gasteiger partial charge on any atom is 0.221 e. The molecule has 1 aromatic rings. The van der Waals surface area contributed by atoms with Crippen LogP contribution >= 0.6 is 0 Å². The molecule has 1 heterocycles. The zero-order valence-electron chi connectivity index (χ0n) is 9.23. The fraction of sp³-hybridized carbons (Fsp3) is 0.600. The quantitative estimate of drug-likeness (QED) is 0.727. The lowest BCUT2D eigenvalue weighted by Gasteiger charge is -2.09. The average molecular weight is 210 g/mol. The summed E-state index contributed by atoms with van der Waals surface area (Å²) in [5, 5.41) is 2.79. The molecule has 3 N–H and O–H groups in total. The van der Waals surface area contributed by atoms with E-state index in [1.54, 1.807) is 6.20 Å². The highest BCUT2D eigenvalue weighted by Gasteiger charge is 2.07. The molecule has 84 valence electrons. The Hall–Kier alpha value is -1.36. The van der Waals surface area contributed by atoms with Gasteiger partial charge in [-0.3, -0.25) is 4.79 Å². The zero-order valence-corrected chi connectivity index (χ0v) is 9.23. The summed E-state index contributed by atoms with van der Waals surface area (Å²) in [4.78, 5) is 15.5. The van der Waals surface area contributed by atoms with Gasteiger partial charge in [0.05, 0.1) is 6.54 Å². The lowest BCUT2D eigenvalue weighted by atomic mass is 10.1. The second kappa shape index (κ2) is 5.50. The van der Waals surface area contributed by atoms with Crippen LogP contribution in [-0.2, 0) is 18.4 Å². The van der Waals surface area contributed by atoms with E-state index in [0.717, 1.165) is 12.2 Å². The maximum atomic E-state index is 11.4. The van der Waals surface area contributed by atoms with E-state index in [1.807, 2.05) is 24.7 Å². The lowest BCUT2D eigenvalue weighted by molar-refractivity contribution is -0.121. The molecule has 0 aliphatic carbocycles. The van der Waals surface area contributed by atoms with Gasteiger partial charge in [-0.15, -0.1) is 0 Å². The number of nitrogens with one attached hydrogen (secondary N) is 1. The lowest BCUT2D eigenvalue weighted by Crippen LogP contribution is -2.31. The minimum absolute atomic E-state index is 0.0210. The number of nitrogens with two attached hydrogens (primary N) is 1. The molecule has 1 rings (SSSR count). The molecule has 0 aliphatic rings. The summed E-state index contributed by atoms with van der Waals surface area (Å²) in [7, 11) is 1.90. The van der Waals surface area contributed by atoms with Gasteiger partial charge in [-0.05, 0) is 6.42 Å². The molecule has 0 saturated heterocycles. The van der Waals surface area contributed by atoms with E-state index in [4.69, 9.17) is 5.73 Å². The highest BCUT2D eigenvalue weighted by Crippen LogP contribution is 1.96. The van der Waals surface area contributed by atoms with Crippen molar-refractivity contribution in [1.82, 2.24) is 14.9 Å². The van der Waals surface area contributed by atoms with Crippen LogP contribution in [0.15, 0.2) is 12.4 Å². The van der Waals surface area contributed by atoms with Crippen molar-refractivity contribution in [3.05, 3.63) is 18.2 Å². The van der Waals surface area contributed by atoms with Crippen molar-refractivity contribution in [2.45, 2.75) is 32.4 Å². The Morgan fingerprint density at radius 3 is 3.00 bits per heavy atom. The van der Waals surface area contributed by atoms with Crippen LogP contribution in [0, 0.1) is 0 Å². The van der Waals surface area contributed by atoms with Crippen LogP contribution < -0.4 is 11.1 Å². The first-order valence-electron chi connectivity index (χ1n) is 5.12. The number of carbonyl (C=O) groups is 1. The molecule has 0 spiro atoms. The van der Waals surface area contributed by atoms with Crippen LogP contribution in [0.1, 0.15) is 25.6 Å². The highest BCUT2D eigenvalue weighted by atomic mass is 16.1. The Bertz CT molecular complexity index is 321. The number of aromatic nitrogens is 2. The van der Waals surface area contributed by atoms with E-state index < -0.39 is 0 Å². The SMILES string of the molecule is CCC(N)CC(=O)NCc1nccn1C. The van der Waals surface area contributed by atoms with Crippen LogP contribution in [-0.4, -0.2) is 21.5 Å². The van der Waals surface area contributed by atoms with Gasteiger partial charge in [0.2, 0.25) is 5.91 Å². The number of carbonyl (C=O) groups excluding carboxylic acids is 1. The van der Waals surface area contributed by atoms with Crippen LogP contribution in [0.3, 0.4) is 0 Å². The Kier molecular flexibility index (Phi) is 4.30. The second-order valence-electron chi connectivity index (χ2n) is 3.60. The van der Waals surface area contributed by atoms with Gasteiger partial charge in [-0.2, -0.15) is 0 Å². The van der Waals surface area contributed by atoms with Gasteiger partial charge >= 0.3 is 0 Å².